The summed E-state index contributed by atoms with van der Waals surface area (Å²) in [6, 6.07) is 12.1. The molecule has 3 heteroatoms. The highest BCUT2D eigenvalue weighted by atomic mass is 16.1. The Morgan fingerprint density at radius 2 is 2.00 bits per heavy atom. The van der Waals surface area contributed by atoms with Gasteiger partial charge in [0.25, 0.3) is 0 Å². The predicted octanol–water partition coefficient (Wildman–Crippen LogP) is 3.47. The van der Waals surface area contributed by atoms with Crippen LogP contribution in [-0.4, -0.2) is 17.4 Å². The van der Waals surface area contributed by atoms with E-state index in [1.165, 1.54) is 12.8 Å². The summed E-state index contributed by atoms with van der Waals surface area (Å²) in [6.45, 7) is 2.95. The van der Waals surface area contributed by atoms with Gasteiger partial charge >= 0.3 is 0 Å². The van der Waals surface area contributed by atoms with Crippen LogP contribution in [0.25, 0.3) is 10.9 Å². The largest absolute Gasteiger partial charge is 0.356 e. The van der Waals surface area contributed by atoms with E-state index in [-0.39, 0.29) is 5.91 Å². The van der Waals surface area contributed by atoms with E-state index in [1.54, 1.807) is 0 Å². The highest BCUT2D eigenvalue weighted by Crippen LogP contribution is 2.12. The number of hydrogen-bond acceptors (Lipinski definition) is 2. The van der Waals surface area contributed by atoms with E-state index in [4.69, 9.17) is 0 Å². The predicted molar refractivity (Wildman–Crippen MR) is 82.6 cm³/mol. The molecule has 1 amide bonds. The fraction of sp³-hybridized carbons (Fsp3) is 0.412. The second-order valence-corrected chi connectivity index (χ2v) is 5.05. The Balaban J connectivity index is 1.81. The molecule has 0 bridgehead atoms. The third-order valence-corrected chi connectivity index (χ3v) is 3.37. The number of para-hydroxylation sites is 1. The highest BCUT2D eigenvalue weighted by Gasteiger charge is 2.03. The van der Waals surface area contributed by atoms with E-state index in [9.17, 15) is 4.79 Å². The lowest BCUT2D eigenvalue weighted by atomic mass is 10.1. The average Bonchev–Trinajstić information content (AvgIpc) is 2.49. The van der Waals surface area contributed by atoms with Crippen molar-refractivity contribution < 1.29 is 4.79 Å². The number of fused-ring (bicyclic) bond motifs is 1. The number of amides is 1. The summed E-state index contributed by atoms with van der Waals surface area (Å²) in [4.78, 5) is 16.3. The molecule has 1 N–H and O–H groups in total. The lowest BCUT2D eigenvalue weighted by Crippen LogP contribution is -2.24. The maximum Gasteiger partial charge on any atom is 0.220 e. The maximum atomic E-state index is 11.7. The fourth-order valence-electron chi connectivity index (χ4n) is 2.18. The quantitative estimate of drug-likeness (QED) is 0.783. The van der Waals surface area contributed by atoms with Crippen molar-refractivity contribution >= 4 is 16.8 Å². The van der Waals surface area contributed by atoms with Crippen LogP contribution in [0.1, 0.15) is 38.3 Å². The number of aryl methyl sites for hydroxylation is 1. The molecule has 0 aliphatic carbocycles. The minimum Gasteiger partial charge on any atom is -0.356 e. The van der Waals surface area contributed by atoms with Gasteiger partial charge < -0.3 is 5.32 Å². The Morgan fingerprint density at radius 1 is 1.15 bits per heavy atom. The average molecular weight is 270 g/mol. The van der Waals surface area contributed by atoms with E-state index in [0.29, 0.717) is 12.8 Å². The molecule has 0 fully saturated rings. The second kappa shape index (κ2) is 7.63. The number of unbranched alkanes of at least 4 members (excludes halogenated alkanes) is 2. The molecule has 2 aromatic rings. The van der Waals surface area contributed by atoms with Crippen molar-refractivity contribution in [3.05, 3.63) is 42.1 Å². The second-order valence-electron chi connectivity index (χ2n) is 5.05. The van der Waals surface area contributed by atoms with Gasteiger partial charge in [0.05, 0.1) is 5.52 Å². The van der Waals surface area contributed by atoms with Crippen molar-refractivity contribution in [1.29, 1.82) is 0 Å². The van der Waals surface area contributed by atoms with Crippen LogP contribution >= 0.6 is 0 Å². The zero-order valence-electron chi connectivity index (χ0n) is 12.1. The number of pyridine rings is 1. The van der Waals surface area contributed by atoms with Crippen molar-refractivity contribution in [1.82, 2.24) is 10.3 Å². The Kier molecular flexibility index (Phi) is 5.54. The van der Waals surface area contributed by atoms with Gasteiger partial charge in [-0.25, -0.2) is 0 Å². The molecule has 0 spiro atoms. The number of hydrogen-bond donors (Lipinski definition) is 1. The summed E-state index contributed by atoms with van der Waals surface area (Å²) in [7, 11) is 0. The Morgan fingerprint density at radius 3 is 2.85 bits per heavy atom. The third kappa shape index (κ3) is 4.34. The molecule has 0 aliphatic rings. The van der Waals surface area contributed by atoms with Crippen molar-refractivity contribution in [3.63, 3.8) is 0 Å². The number of carbonyl (C=O) groups is 1. The number of rotatable bonds is 7. The van der Waals surface area contributed by atoms with Crippen molar-refractivity contribution in [2.24, 2.45) is 0 Å². The van der Waals surface area contributed by atoms with Crippen LogP contribution in [0.4, 0.5) is 0 Å². The van der Waals surface area contributed by atoms with Gasteiger partial charge in [0.1, 0.15) is 0 Å². The van der Waals surface area contributed by atoms with Gasteiger partial charge in [-0.3, -0.25) is 9.78 Å². The Labute approximate surface area is 120 Å². The molecule has 0 saturated carbocycles. The van der Waals surface area contributed by atoms with Gasteiger partial charge in [0.15, 0.2) is 0 Å². The van der Waals surface area contributed by atoms with E-state index in [2.05, 4.69) is 23.3 Å². The molecule has 0 aliphatic heterocycles. The number of carbonyl (C=O) groups excluding carboxylic acids is 1. The molecule has 1 aromatic carbocycles. The maximum absolute atomic E-state index is 11.7. The molecular weight excluding hydrogens is 248 g/mol. The minimum atomic E-state index is 0.121. The third-order valence-electron chi connectivity index (χ3n) is 3.37. The monoisotopic (exact) mass is 270 g/mol. The molecule has 1 aromatic heterocycles. The van der Waals surface area contributed by atoms with E-state index < -0.39 is 0 Å². The zero-order chi connectivity index (χ0) is 14.2. The first-order valence-electron chi connectivity index (χ1n) is 7.41. The van der Waals surface area contributed by atoms with Gasteiger partial charge in [-0.2, -0.15) is 0 Å². The van der Waals surface area contributed by atoms with E-state index in [0.717, 1.165) is 29.6 Å². The lowest BCUT2D eigenvalue weighted by Gasteiger charge is -2.05. The van der Waals surface area contributed by atoms with Crippen LogP contribution < -0.4 is 5.32 Å². The van der Waals surface area contributed by atoms with Crippen LogP contribution in [-0.2, 0) is 11.2 Å². The van der Waals surface area contributed by atoms with E-state index in [1.807, 2.05) is 30.3 Å². The van der Waals surface area contributed by atoms with Gasteiger partial charge in [-0.1, -0.05) is 44.0 Å². The van der Waals surface area contributed by atoms with Crippen LogP contribution in [0.5, 0.6) is 0 Å². The first-order valence-corrected chi connectivity index (χ1v) is 7.41. The highest BCUT2D eigenvalue weighted by molar-refractivity contribution is 5.79. The molecule has 3 nitrogen and oxygen atoms in total. The molecule has 20 heavy (non-hydrogen) atoms. The minimum absolute atomic E-state index is 0.121. The van der Waals surface area contributed by atoms with Crippen molar-refractivity contribution in [2.45, 2.75) is 39.0 Å². The van der Waals surface area contributed by atoms with Crippen molar-refractivity contribution in [3.8, 4) is 0 Å². The molecule has 0 atom stereocenters. The summed E-state index contributed by atoms with van der Waals surface area (Å²) in [5.41, 5.74) is 1.97. The van der Waals surface area contributed by atoms with Crippen LogP contribution in [0.2, 0.25) is 0 Å². The summed E-state index contributed by atoms with van der Waals surface area (Å²) >= 11 is 0. The number of benzene rings is 1. The van der Waals surface area contributed by atoms with Crippen LogP contribution in [0.3, 0.4) is 0 Å². The molecule has 106 valence electrons. The van der Waals surface area contributed by atoms with Gasteiger partial charge in [-0.15, -0.1) is 0 Å². The van der Waals surface area contributed by atoms with Crippen LogP contribution in [0, 0.1) is 0 Å². The topological polar surface area (TPSA) is 42.0 Å². The van der Waals surface area contributed by atoms with E-state index >= 15 is 0 Å². The molecule has 0 radical (unpaired) electrons. The van der Waals surface area contributed by atoms with Crippen LogP contribution in [0.15, 0.2) is 36.4 Å². The molecule has 1 heterocycles. The molecular formula is C17H22N2O. The normalized spacial score (nSPS) is 10.7. The lowest BCUT2D eigenvalue weighted by molar-refractivity contribution is -0.121. The Bertz CT molecular complexity index is 566. The summed E-state index contributed by atoms with van der Waals surface area (Å²) in [6.07, 6.45) is 4.63. The zero-order valence-corrected chi connectivity index (χ0v) is 12.1. The smallest absolute Gasteiger partial charge is 0.220 e. The van der Waals surface area contributed by atoms with Crippen molar-refractivity contribution in [2.75, 3.05) is 6.54 Å². The molecule has 0 saturated heterocycles. The number of nitrogens with zero attached hydrogens (tertiary/aromatic N) is 1. The summed E-state index contributed by atoms with van der Waals surface area (Å²) in [5, 5.41) is 4.10. The molecule has 0 unspecified atom stereocenters. The first kappa shape index (κ1) is 14.5. The van der Waals surface area contributed by atoms with Gasteiger partial charge in [0, 0.05) is 24.0 Å². The van der Waals surface area contributed by atoms with Gasteiger partial charge in [-0.05, 0) is 25.0 Å². The summed E-state index contributed by atoms with van der Waals surface area (Å²) < 4.78 is 0. The summed E-state index contributed by atoms with van der Waals surface area (Å²) in [5.74, 6) is 0.121. The fourth-order valence-corrected chi connectivity index (χ4v) is 2.18. The first-order chi connectivity index (χ1) is 9.79. The van der Waals surface area contributed by atoms with Gasteiger partial charge in [0.2, 0.25) is 5.91 Å². The Hall–Kier alpha value is -1.90. The molecule has 2 rings (SSSR count). The standard InChI is InChI=1S/C17H22N2O/c1-2-3-6-13-18-17(20)12-11-15-10-9-14-7-4-5-8-16(14)19-15/h4-5,7-10H,2-3,6,11-13H2,1H3,(H,18,20). The SMILES string of the molecule is CCCCCNC(=O)CCc1ccc2ccccc2n1. The number of aromatic nitrogens is 1. The number of nitrogens with one attached hydrogen (secondary N) is 1.